The van der Waals surface area contributed by atoms with Crippen LogP contribution in [0.5, 0.6) is 0 Å². The van der Waals surface area contributed by atoms with E-state index in [0.29, 0.717) is 12.5 Å². The Morgan fingerprint density at radius 2 is 2.50 bits per heavy atom. The largest absolute Gasteiger partial charge is 0.356 e. The number of rotatable bonds is 4. The molecular formula is C11H18N2O. The van der Waals surface area contributed by atoms with Gasteiger partial charge in [0.2, 0.25) is 5.91 Å². The van der Waals surface area contributed by atoms with Gasteiger partial charge in [-0.2, -0.15) is 0 Å². The average Bonchev–Trinajstić information content (AvgIpc) is 2.38. The summed E-state index contributed by atoms with van der Waals surface area (Å²) in [5.74, 6) is 2.77. The first-order chi connectivity index (χ1) is 6.83. The van der Waals surface area contributed by atoms with Crippen LogP contribution < -0.4 is 10.6 Å². The van der Waals surface area contributed by atoms with E-state index in [9.17, 15) is 4.79 Å². The van der Waals surface area contributed by atoms with E-state index >= 15 is 0 Å². The second-order valence-electron chi connectivity index (χ2n) is 3.66. The van der Waals surface area contributed by atoms with Gasteiger partial charge in [0.05, 0.1) is 0 Å². The van der Waals surface area contributed by atoms with Gasteiger partial charge in [0.25, 0.3) is 0 Å². The van der Waals surface area contributed by atoms with Gasteiger partial charge in [-0.05, 0) is 25.8 Å². The fourth-order valence-electron chi connectivity index (χ4n) is 1.65. The van der Waals surface area contributed by atoms with E-state index in [2.05, 4.69) is 16.6 Å². The van der Waals surface area contributed by atoms with E-state index < -0.39 is 0 Å². The van der Waals surface area contributed by atoms with Crippen LogP contribution in [0.4, 0.5) is 0 Å². The molecule has 3 heteroatoms. The van der Waals surface area contributed by atoms with Gasteiger partial charge in [-0.1, -0.05) is 0 Å². The molecule has 0 saturated carbocycles. The van der Waals surface area contributed by atoms with Gasteiger partial charge in [0, 0.05) is 25.4 Å². The summed E-state index contributed by atoms with van der Waals surface area (Å²) >= 11 is 0. The lowest BCUT2D eigenvalue weighted by molar-refractivity contribution is -0.121. The van der Waals surface area contributed by atoms with Crippen molar-refractivity contribution in [3.63, 3.8) is 0 Å². The maximum Gasteiger partial charge on any atom is 0.221 e. The zero-order chi connectivity index (χ0) is 10.2. The normalized spacial score (nSPS) is 22.2. The van der Waals surface area contributed by atoms with E-state index in [4.69, 9.17) is 6.42 Å². The summed E-state index contributed by atoms with van der Waals surface area (Å²) in [7, 11) is 0. The molecule has 1 saturated heterocycles. The number of terminal acetylenes is 1. The van der Waals surface area contributed by atoms with Crippen LogP contribution in [0.25, 0.3) is 0 Å². The molecule has 14 heavy (non-hydrogen) atoms. The number of unbranched alkanes of at least 4 members (excludes halogenated alkanes) is 1. The molecule has 3 nitrogen and oxygen atoms in total. The molecule has 1 heterocycles. The number of amides is 1. The lowest BCUT2D eigenvalue weighted by atomic mass is 10.1. The summed E-state index contributed by atoms with van der Waals surface area (Å²) in [6.07, 6.45) is 9.71. The molecule has 1 fully saturated rings. The topological polar surface area (TPSA) is 41.1 Å². The van der Waals surface area contributed by atoms with Gasteiger partial charge in [0.15, 0.2) is 0 Å². The molecule has 0 aromatic heterocycles. The Kier molecular flexibility index (Phi) is 5.09. The highest BCUT2D eigenvalue weighted by Gasteiger charge is 2.15. The van der Waals surface area contributed by atoms with Crippen molar-refractivity contribution >= 4 is 5.91 Å². The minimum absolute atomic E-state index is 0.164. The maximum absolute atomic E-state index is 11.2. The lowest BCUT2D eigenvalue weighted by Gasteiger charge is -2.14. The highest BCUT2D eigenvalue weighted by molar-refractivity contribution is 5.76. The van der Waals surface area contributed by atoms with E-state index in [1.54, 1.807) is 0 Å². The second-order valence-corrected chi connectivity index (χ2v) is 3.66. The Balaban J connectivity index is 2.15. The van der Waals surface area contributed by atoms with Crippen LogP contribution in [0.1, 0.15) is 32.1 Å². The number of nitrogens with one attached hydrogen (secondary N) is 2. The van der Waals surface area contributed by atoms with Crippen LogP contribution >= 0.6 is 0 Å². The fraction of sp³-hybridized carbons (Fsp3) is 0.727. The summed E-state index contributed by atoms with van der Waals surface area (Å²) in [5.41, 5.74) is 0. The molecule has 0 aromatic rings. The zero-order valence-corrected chi connectivity index (χ0v) is 8.51. The van der Waals surface area contributed by atoms with E-state index in [0.717, 1.165) is 38.8 Å². The van der Waals surface area contributed by atoms with Crippen molar-refractivity contribution in [1.82, 2.24) is 10.6 Å². The van der Waals surface area contributed by atoms with Crippen LogP contribution in [0, 0.1) is 12.3 Å². The van der Waals surface area contributed by atoms with Gasteiger partial charge in [-0.25, -0.2) is 0 Å². The molecule has 1 atom stereocenters. The predicted molar refractivity (Wildman–Crippen MR) is 56.7 cm³/mol. The number of carbonyl (C=O) groups is 1. The van der Waals surface area contributed by atoms with Crippen molar-refractivity contribution in [2.24, 2.45) is 0 Å². The first kappa shape index (κ1) is 11.1. The Morgan fingerprint density at radius 1 is 1.64 bits per heavy atom. The van der Waals surface area contributed by atoms with E-state index in [1.165, 1.54) is 0 Å². The minimum Gasteiger partial charge on any atom is -0.356 e. The highest BCUT2D eigenvalue weighted by Crippen LogP contribution is 2.05. The minimum atomic E-state index is 0.164. The van der Waals surface area contributed by atoms with E-state index in [-0.39, 0.29) is 5.91 Å². The third-order valence-corrected chi connectivity index (χ3v) is 2.41. The molecule has 0 aliphatic carbocycles. The fourth-order valence-corrected chi connectivity index (χ4v) is 1.65. The quantitative estimate of drug-likeness (QED) is 0.510. The summed E-state index contributed by atoms with van der Waals surface area (Å²) < 4.78 is 0. The molecule has 1 aliphatic rings. The van der Waals surface area contributed by atoms with Crippen molar-refractivity contribution in [1.29, 1.82) is 0 Å². The molecule has 0 bridgehead atoms. The summed E-state index contributed by atoms with van der Waals surface area (Å²) in [5, 5.41) is 6.24. The molecular weight excluding hydrogens is 176 g/mol. The third kappa shape index (κ3) is 4.29. The van der Waals surface area contributed by atoms with Gasteiger partial charge < -0.3 is 10.6 Å². The van der Waals surface area contributed by atoms with Gasteiger partial charge >= 0.3 is 0 Å². The van der Waals surface area contributed by atoms with Crippen molar-refractivity contribution in [2.75, 3.05) is 13.1 Å². The Labute approximate surface area is 85.6 Å². The van der Waals surface area contributed by atoms with Crippen LogP contribution in [0.15, 0.2) is 0 Å². The van der Waals surface area contributed by atoms with Gasteiger partial charge in [-0.15, -0.1) is 12.3 Å². The summed E-state index contributed by atoms with van der Waals surface area (Å²) in [6.45, 7) is 1.74. The first-order valence-corrected chi connectivity index (χ1v) is 5.26. The van der Waals surface area contributed by atoms with Crippen molar-refractivity contribution < 1.29 is 4.79 Å². The van der Waals surface area contributed by atoms with Crippen LogP contribution in [-0.4, -0.2) is 25.0 Å². The number of hydrogen-bond acceptors (Lipinski definition) is 2. The lowest BCUT2D eigenvalue weighted by Crippen LogP contribution is -2.33. The molecule has 78 valence electrons. The molecule has 0 radical (unpaired) electrons. The Bertz CT molecular complexity index is 220. The van der Waals surface area contributed by atoms with Crippen molar-refractivity contribution in [2.45, 2.75) is 38.1 Å². The first-order valence-electron chi connectivity index (χ1n) is 5.26. The standard InChI is InChI=1S/C11H18N2O/c1-2-3-4-7-12-10-6-5-8-13-11(14)9-10/h1,10,12H,3-9H2,(H,13,14). The van der Waals surface area contributed by atoms with Crippen LogP contribution in [-0.2, 0) is 4.79 Å². The van der Waals surface area contributed by atoms with E-state index in [1.807, 2.05) is 0 Å². The van der Waals surface area contributed by atoms with Crippen LogP contribution in [0.2, 0.25) is 0 Å². The summed E-state index contributed by atoms with van der Waals surface area (Å²) in [6, 6.07) is 0.343. The Hall–Kier alpha value is -1.01. The van der Waals surface area contributed by atoms with Crippen molar-refractivity contribution in [3.05, 3.63) is 0 Å². The average molecular weight is 194 g/mol. The molecule has 2 N–H and O–H groups in total. The van der Waals surface area contributed by atoms with Gasteiger partial charge in [0.1, 0.15) is 0 Å². The monoisotopic (exact) mass is 194 g/mol. The predicted octanol–water partition coefficient (Wildman–Crippen LogP) is 0.658. The SMILES string of the molecule is C#CCCCNC1CCCNC(=O)C1. The van der Waals surface area contributed by atoms with Gasteiger partial charge in [-0.3, -0.25) is 4.79 Å². The molecule has 1 unspecified atom stereocenters. The molecule has 1 aliphatic heterocycles. The molecule has 1 rings (SSSR count). The van der Waals surface area contributed by atoms with Crippen LogP contribution in [0.3, 0.4) is 0 Å². The third-order valence-electron chi connectivity index (χ3n) is 2.41. The second kappa shape index (κ2) is 6.44. The highest BCUT2D eigenvalue weighted by atomic mass is 16.1. The number of hydrogen-bond donors (Lipinski definition) is 2. The van der Waals surface area contributed by atoms with Crippen molar-refractivity contribution in [3.8, 4) is 12.3 Å². The zero-order valence-electron chi connectivity index (χ0n) is 8.51. The molecule has 0 aromatic carbocycles. The smallest absolute Gasteiger partial charge is 0.221 e. The number of carbonyl (C=O) groups excluding carboxylic acids is 1. The summed E-state index contributed by atoms with van der Waals surface area (Å²) in [4.78, 5) is 11.2. The maximum atomic E-state index is 11.2. The molecule has 1 amide bonds. The Morgan fingerprint density at radius 3 is 3.29 bits per heavy atom. The molecule has 0 spiro atoms.